The highest BCUT2D eigenvalue weighted by atomic mass is 35.5. The monoisotopic (exact) mass is 568 g/mol. The number of fused-ring (bicyclic) bond motifs is 2. The molecule has 2 amide bonds. The predicted molar refractivity (Wildman–Crippen MR) is 154 cm³/mol. The molecule has 5 rings (SSSR count). The fraction of sp³-hybridized carbons (Fsp3) is 0.414. The first-order valence-corrected chi connectivity index (χ1v) is 14.4. The molecule has 1 unspecified atom stereocenters. The lowest BCUT2D eigenvalue weighted by atomic mass is 9.87. The number of halogens is 1. The number of carbonyl (C=O) groups is 2. The maximum Gasteiger partial charge on any atom is 0.240 e. The van der Waals surface area contributed by atoms with E-state index in [1.807, 2.05) is 50.2 Å². The van der Waals surface area contributed by atoms with E-state index >= 15 is 0 Å². The summed E-state index contributed by atoms with van der Waals surface area (Å²) in [6.07, 6.45) is 0. The van der Waals surface area contributed by atoms with Crippen molar-refractivity contribution in [1.29, 1.82) is 0 Å². The first-order chi connectivity index (χ1) is 18.5. The van der Waals surface area contributed by atoms with Gasteiger partial charge in [-0.2, -0.15) is 5.10 Å². The molecule has 0 bridgehead atoms. The van der Waals surface area contributed by atoms with E-state index in [1.54, 1.807) is 15.6 Å². The van der Waals surface area contributed by atoms with Gasteiger partial charge < -0.3 is 14.8 Å². The van der Waals surface area contributed by atoms with Crippen molar-refractivity contribution in [3.63, 3.8) is 0 Å². The number of nitrogens with zero attached hydrogens (tertiary/aromatic N) is 3. The zero-order valence-electron chi connectivity index (χ0n) is 22.8. The van der Waals surface area contributed by atoms with E-state index in [0.29, 0.717) is 34.6 Å². The number of ether oxygens (including phenoxy) is 2. The number of amides is 2. The van der Waals surface area contributed by atoms with Gasteiger partial charge in [-0.3, -0.25) is 14.5 Å². The predicted octanol–water partition coefficient (Wildman–Crippen LogP) is 5.49. The molecule has 1 atom stereocenters. The lowest BCUT2D eigenvalue weighted by Gasteiger charge is -2.25. The van der Waals surface area contributed by atoms with E-state index in [2.05, 4.69) is 26.1 Å². The molecule has 1 aromatic heterocycles. The highest BCUT2D eigenvalue weighted by molar-refractivity contribution is 8.00. The topological polar surface area (TPSA) is 85.7 Å². The van der Waals surface area contributed by atoms with Crippen molar-refractivity contribution in [3.05, 3.63) is 64.3 Å². The van der Waals surface area contributed by atoms with Crippen molar-refractivity contribution in [3.8, 4) is 17.2 Å². The lowest BCUT2D eigenvalue weighted by Crippen LogP contribution is -2.43. The molecule has 0 fully saturated rings. The number of rotatable bonds is 6. The third-order valence-corrected chi connectivity index (χ3v) is 8.16. The second-order valence-corrected chi connectivity index (χ2v) is 12.7. The van der Waals surface area contributed by atoms with Crippen LogP contribution in [0.25, 0.3) is 5.69 Å². The van der Waals surface area contributed by atoms with Crippen molar-refractivity contribution in [2.45, 2.75) is 45.3 Å². The van der Waals surface area contributed by atoms with Crippen molar-refractivity contribution in [2.24, 2.45) is 5.92 Å². The number of anilines is 1. The number of benzene rings is 2. The first kappa shape index (κ1) is 27.4. The van der Waals surface area contributed by atoms with Crippen molar-refractivity contribution < 1.29 is 19.1 Å². The largest absolute Gasteiger partial charge is 0.454 e. The Kier molecular flexibility index (Phi) is 7.57. The van der Waals surface area contributed by atoms with Crippen molar-refractivity contribution in [2.75, 3.05) is 30.5 Å². The maximum atomic E-state index is 13.7. The summed E-state index contributed by atoms with van der Waals surface area (Å²) in [6.45, 7) is 10.9. The summed E-state index contributed by atoms with van der Waals surface area (Å²) >= 11 is 8.20. The van der Waals surface area contributed by atoms with Crippen LogP contribution in [-0.2, 0) is 15.0 Å². The van der Waals surface area contributed by atoms with E-state index in [4.69, 9.17) is 26.2 Å². The highest BCUT2D eigenvalue weighted by Gasteiger charge is 2.40. The minimum Gasteiger partial charge on any atom is -0.454 e. The normalized spacial score (nSPS) is 16.8. The smallest absolute Gasteiger partial charge is 0.240 e. The molecule has 2 aliphatic rings. The average molecular weight is 569 g/mol. The lowest BCUT2D eigenvalue weighted by molar-refractivity contribution is -0.123. The quantitative estimate of drug-likeness (QED) is 0.423. The second kappa shape index (κ2) is 10.8. The third-order valence-electron chi connectivity index (χ3n) is 6.59. The van der Waals surface area contributed by atoms with E-state index in [9.17, 15) is 9.59 Å². The van der Waals surface area contributed by atoms with E-state index in [1.165, 1.54) is 11.8 Å². The van der Waals surface area contributed by atoms with Crippen LogP contribution in [0.1, 0.15) is 56.7 Å². The van der Waals surface area contributed by atoms with Crippen LogP contribution in [0.15, 0.2) is 42.5 Å². The van der Waals surface area contributed by atoms with Crippen LogP contribution in [-0.4, -0.2) is 47.2 Å². The van der Waals surface area contributed by atoms with Crippen LogP contribution in [0, 0.1) is 5.92 Å². The van der Waals surface area contributed by atoms with Crippen LogP contribution >= 0.6 is 23.4 Å². The van der Waals surface area contributed by atoms with Gasteiger partial charge in [-0.15, -0.1) is 11.8 Å². The van der Waals surface area contributed by atoms with Gasteiger partial charge >= 0.3 is 0 Å². The number of aromatic nitrogens is 2. The summed E-state index contributed by atoms with van der Waals surface area (Å²) in [7, 11) is 0. The van der Waals surface area contributed by atoms with Gasteiger partial charge in [-0.05, 0) is 35.7 Å². The van der Waals surface area contributed by atoms with E-state index in [-0.39, 0.29) is 47.5 Å². The molecule has 206 valence electrons. The van der Waals surface area contributed by atoms with Crippen LogP contribution in [0.2, 0.25) is 5.02 Å². The zero-order valence-corrected chi connectivity index (χ0v) is 24.4. The fourth-order valence-corrected chi connectivity index (χ4v) is 6.13. The van der Waals surface area contributed by atoms with Crippen LogP contribution in [0.4, 0.5) is 5.82 Å². The summed E-state index contributed by atoms with van der Waals surface area (Å²) in [6, 6.07) is 13.3. The number of carbonyl (C=O) groups excluding carboxylic acids is 2. The Morgan fingerprint density at radius 3 is 2.64 bits per heavy atom. The molecule has 3 heterocycles. The van der Waals surface area contributed by atoms with Crippen molar-refractivity contribution >= 4 is 41.0 Å². The minimum atomic E-state index is -0.370. The number of hydrogen-bond acceptors (Lipinski definition) is 6. The van der Waals surface area contributed by atoms with Crippen LogP contribution in [0.3, 0.4) is 0 Å². The van der Waals surface area contributed by atoms with Gasteiger partial charge in [0.1, 0.15) is 12.4 Å². The Balaban J connectivity index is 1.73. The summed E-state index contributed by atoms with van der Waals surface area (Å²) in [4.78, 5) is 28.4. The molecule has 2 aliphatic heterocycles. The molecular weight excluding hydrogens is 536 g/mol. The van der Waals surface area contributed by atoms with Gasteiger partial charge in [0.05, 0.1) is 27.4 Å². The number of thioether (sulfide) groups is 1. The summed E-state index contributed by atoms with van der Waals surface area (Å²) in [5.41, 5.74) is 2.95. The van der Waals surface area contributed by atoms with Crippen LogP contribution in [0.5, 0.6) is 11.5 Å². The van der Waals surface area contributed by atoms with E-state index in [0.717, 1.165) is 16.8 Å². The van der Waals surface area contributed by atoms with Gasteiger partial charge in [-0.25, -0.2) is 4.68 Å². The van der Waals surface area contributed by atoms with Gasteiger partial charge in [0.25, 0.3) is 0 Å². The van der Waals surface area contributed by atoms with Gasteiger partial charge in [0.2, 0.25) is 18.6 Å². The zero-order chi connectivity index (χ0) is 27.9. The molecule has 3 aromatic rings. The Morgan fingerprint density at radius 1 is 1.18 bits per heavy atom. The SMILES string of the molecule is CC(C)CNC(=O)CN1C(=O)CSC(c2ccc3c(c2)OCO3)c2c(C(C)(C)C)nn(-c3ccccc3Cl)c21. The third kappa shape index (κ3) is 5.47. The van der Waals surface area contributed by atoms with Gasteiger partial charge in [0.15, 0.2) is 11.5 Å². The number of para-hydroxylation sites is 1. The molecule has 0 radical (unpaired) electrons. The summed E-state index contributed by atoms with van der Waals surface area (Å²) in [5, 5.41) is 8.30. The molecule has 0 saturated carbocycles. The highest BCUT2D eigenvalue weighted by Crippen LogP contribution is 2.50. The Labute approximate surface area is 238 Å². The Bertz CT molecular complexity index is 1410. The summed E-state index contributed by atoms with van der Waals surface area (Å²) < 4.78 is 13.0. The molecule has 0 spiro atoms. The Hall–Kier alpha value is -3.17. The molecular formula is C29H33ClN4O4S. The standard InChI is InChI=1S/C29H33ClN4O4S/c1-17(2)13-31-23(35)14-33-24(36)15-39-26(18-10-11-21-22(12-18)38-16-37-21)25-27(29(3,4)5)32-34(28(25)33)20-9-7-6-8-19(20)30/h6-12,17,26H,13-16H2,1-5H3,(H,31,35). The maximum absolute atomic E-state index is 13.7. The van der Waals surface area contributed by atoms with E-state index < -0.39 is 0 Å². The molecule has 0 aliphatic carbocycles. The molecule has 10 heteroatoms. The van der Waals surface area contributed by atoms with Crippen LogP contribution < -0.4 is 19.7 Å². The summed E-state index contributed by atoms with van der Waals surface area (Å²) in [5.74, 6) is 2.02. The molecule has 39 heavy (non-hydrogen) atoms. The minimum absolute atomic E-state index is 0.118. The average Bonchev–Trinajstić information content (AvgIpc) is 3.48. The van der Waals surface area contributed by atoms with Gasteiger partial charge in [-0.1, -0.05) is 64.4 Å². The first-order valence-electron chi connectivity index (χ1n) is 13.0. The van der Waals surface area contributed by atoms with Gasteiger partial charge in [0, 0.05) is 17.5 Å². The molecule has 8 nitrogen and oxygen atoms in total. The molecule has 1 N–H and O–H groups in total. The number of nitrogens with one attached hydrogen (secondary N) is 1. The van der Waals surface area contributed by atoms with Crippen molar-refractivity contribution in [1.82, 2.24) is 15.1 Å². The fourth-order valence-electron chi connectivity index (χ4n) is 4.72. The molecule has 2 aromatic carbocycles. The molecule has 0 saturated heterocycles. The second-order valence-electron chi connectivity index (χ2n) is 11.2. The number of hydrogen-bond donors (Lipinski definition) is 1. The Morgan fingerprint density at radius 2 is 1.92 bits per heavy atom.